The molecule has 0 saturated carbocycles. The molecule has 0 unspecified atom stereocenters. The SMILES string of the molecule is CCc1ccc([C@H](C)NC(=O)CN(c2ccc(F)cc2)S(=O)(=O)c2ccc(C)cc2)cc1. The van der Waals surface area contributed by atoms with Crippen molar-refractivity contribution in [2.45, 2.75) is 38.1 Å². The van der Waals surface area contributed by atoms with E-state index in [0.717, 1.165) is 21.9 Å². The van der Waals surface area contributed by atoms with E-state index in [1.54, 1.807) is 12.1 Å². The van der Waals surface area contributed by atoms with E-state index in [1.807, 2.05) is 38.1 Å². The molecule has 0 bridgehead atoms. The van der Waals surface area contributed by atoms with Crippen molar-refractivity contribution >= 4 is 21.6 Å². The normalized spacial score (nSPS) is 12.2. The van der Waals surface area contributed by atoms with E-state index in [4.69, 9.17) is 0 Å². The topological polar surface area (TPSA) is 66.5 Å². The molecule has 168 valence electrons. The Balaban J connectivity index is 1.85. The second-order valence-electron chi connectivity index (χ2n) is 7.69. The predicted octanol–water partition coefficient (Wildman–Crippen LogP) is 4.77. The third-order valence-corrected chi connectivity index (χ3v) is 7.06. The van der Waals surface area contributed by atoms with Crippen LogP contribution in [0.5, 0.6) is 0 Å². The first-order valence-corrected chi connectivity index (χ1v) is 11.9. The molecule has 0 saturated heterocycles. The van der Waals surface area contributed by atoms with Crippen molar-refractivity contribution in [2.24, 2.45) is 0 Å². The van der Waals surface area contributed by atoms with Gasteiger partial charge in [-0.1, -0.05) is 48.9 Å². The lowest BCUT2D eigenvalue weighted by molar-refractivity contribution is -0.120. The molecule has 32 heavy (non-hydrogen) atoms. The highest BCUT2D eigenvalue weighted by molar-refractivity contribution is 7.92. The van der Waals surface area contributed by atoms with E-state index in [2.05, 4.69) is 12.2 Å². The fourth-order valence-electron chi connectivity index (χ4n) is 3.30. The Kier molecular flexibility index (Phi) is 7.30. The van der Waals surface area contributed by atoms with Crippen LogP contribution < -0.4 is 9.62 Å². The summed E-state index contributed by atoms with van der Waals surface area (Å²) < 4.78 is 41.1. The average Bonchev–Trinajstić information content (AvgIpc) is 2.78. The minimum absolute atomic E-state index is 0.0587. The number of hydrogen-bond acceptors (Lipinski definition) is 3. The summed E-state index contributed by atoms with van der Waals surface area (Å²) in [6.45, 7) is 5.34. The second kappa shape index (κ2) is 9.96. The minimum Gasteiger partial charge on any atom is -0.348 e. The van der Waals surface area contributed by atoms with Crippen molar-refractivity contribution in [1.82, 2.24) is 5.32 Å². The number of carbonyl (C=O) groups is 1. The zero-order chi connectivity index (χ0) is 23.3. The molecular weight excluding hydrogens is 427 g/mol. The molecule has 0 spiro atoms. The Morgan fingerprint density at radius 2 is 1.56 bits per heavy atom. The number of amides is 1. The van der Waals surface area contributed by atoms with Crippen LogP contribution in [0.1, 0.15) is 36.6 Å². The van der Waals surface area contributed by atoms with Gasteiger partial charge in [0.1, 0.15) is 12.4 Å². The first-order chi connectivity index (χ1) is 15.2. The summed E-state index contributed by atoms with van der Waals surface area (Å²) in [6, 6.07) is 19.0. The van der Waals surface area contributed by atoms with E-state index < -0.39 is 28.3 Å². The maximum Gasteiger partial charge on any atom is 0.264 e. The fourth-order valence-corrected chi connectivity index (χ4v) is 4.72. The highest BCUT2D eigenvalue weighted by Gasteiger charge is 2.27. The number of sulfonamides is 1. The van der Waals surface area contributed by atoms with Crippen molar-refractivity contribution in [1.29, 1.82) is 0 Å². The summed E-state index contributed by atoms with van der Waals surface area (Å²) >= 11 is 0. The van der Waals surface area contributed by atoms with Gasteiger partial charge in [0.05, 0.1) is 16.6 Å². The lowest BCUT2D eigenvalue weighted by atomic mass is 10.1. The molecule has 0 radical (unpaired) electrons. The lowest BCUT2D eigenvalue weighted by Crippen LogP contribution is -2.41. The fraction of sp³-hybridized carbons (Fsp3) is 0.240. The average molecular weight is 455 g/mol. The van der Waals surface area contributed by atoms with Crippen LogP contribution in [-0.4, -0.2) is 20.9 Å². The van der Waals surface area contributed by atoms with Crippen LogP contribution in [0.3, 0.4) is 0 Å². The van der Waals surface area contributed by atoms with Gasteiger partial charge in [-0.2, -0.15) is 0 Å². The molecule has 1 N–H and O–H groups in total. The van der Waals surface area contributed by atoms with Crippen LogP contribution in [0, 0.1) is 12.7 Å². The van der Waals surface area contributed by atoms with E-state index in [1.165, 1.54) is 42.0 Å². The number of nitrogens with one attached hydrogen (secondary N) is 1. The first-order valence-electron chi connectivity index (χ1n) is 10.4. The van der Waals surface area contributed by atoms with Crippen molar-refractivity contribution in [3.8, 4) is 0 Å². The third-order valence-electron chi connectivity index (χ3n) is 5.28. The van der Waals surface area contributed by atoms with Crippen LogP contribution in [0.2, 0.25) is 0 Å². The number of aryl methyl sites for hydroxylation is 2. The maximum atomic E-state index is 13.4. The summed E-state index contributed by atoms with van der Waals surface area (Å²) in [4.78, 5) is 12.9. The Labute approximate surface area is 188 Å². The molecule has 0 fully saturated rings. The van der Waals surface area contributed by atoms with Crippen molar-refractivity contribution in [2.75, 3.05) is 10.8 Å². The van der Waals surface area contributed by atoms with Gasteiger partial charge in [-0.25, -0.2) is 12.8 Å². The standard InChI is InChI=1S/C25H27FN2O3S/c1-4-20-7-9-21(10-8-20)19(3)27-25(29)17-28(23-13-11-22(26)12-14-23)32(30,31)24-15-5-18(2)6-16-24/h5-16,19H,4,17H2,1-3H3,(H,27,29)/t19-/m0/s1. The molecule has 5 nitrogen and oxygen atoms in total. The summed E-state index contributed by atoms with van der Waals surface area (Å²) in [5.74, 6) is -0.952. The van der Waals surface area contributed by atoms with Gasteiger partial charge in [0, 0.05) is 0 Å². The molecule has 3 aromatic carbocycles. The summed E-state index contributed by atoms with van der Waals surface area (Å²) in [7, 11) is -4.04. The second-order valence-corrected chi connectivity index (χ2v) is 9.55. The van der Waals surface area contributed by atoms with Gasteiger partial charge in [0.25, 0.3) is 10.0 Å². The van der Waals surface area contributed by atoms with Crippen molar-refractivity contribution in [3.63, 3.8) is 0 Å². The molecule has 0 aliphatic heterocycles. The predicted molar refractivity (Wildman–Crippen MR) is 124 cm³/mol. The minimum atomic E-state index is -4.04. The van der Waals surface area contributed by atoms with E-state index in [-0.39, 0.29) is 16.6 Å². The number of nitrogens with zero attached hydrogens (tertiary/aromatic N) is 1. The van der Waals surface area contributed by atoms with Gasteiger partial charge >= 0.3 is 0 Å². The third kappa shape index (κ3) is 5.53. The lowest BCUT2D eigenvalue weighted by Gasteiger charge is -2.25. The highest BCUT2D eigenvalue weighted by Crippen LogP contribution is 2.24. The quantitative estimate of drug-likeness (QED) is 0.533. The van der Waals surface area contributed by atoms with Crippen LogP contribution in [0.4, 0.5) is 10.1 Å². The Morgan fingerprint density at radius 1 is 0.969 bits per heavy atom. The number of carbonyl (C=O) groups excluding carboxylic acids is 1. The molecular formula is C25H27FN2O3S. The van der Waals surface area contributed by atoms with Gasteiger partial charge in [0.15, 0.2) is 0 Å². The number of hydrogen-bond donors (Lipinski definition) is 1. The Hall–Kier alpha value is -3.19. The van der Waals surface area contributed by atoms with Gasteiger partial charge in [-0.15, -0.1) is 0 Å². The molecule has 3 rings (SSSR count). The van der Waals surface area contributed by atoms with E-state index in [0.29, 0.717) is 0 Å². The van der Waals surface area contributed by atoms with Crippen molar-refractivity contribution < 1.29 is 17.6 Å². The number of benzene rings is 3. The molecule has 0 aromatic heterocycles. The maximum absolute atomic E-state index is 13.4. The number of halogens is 1. The van der Waals surface area contributed by atoms with Crippen LogP contribution in [-0.2, 0) is 21.2 Å². The zero-order valence-corrected chi connectivity index (χ0v) is 19.2. The monoisotopic (exact) mass is 454 g/mol. The molecule has 7 heteroatoms. The molecule has 0 heterocycles. The van der Waals surface area contributed by atoms with Gasteiger partial charge in [-0.05, 0) is 67.8 Å². The molecule has 3 aromatic rings. The Bertz CT molecular complexity index is 1160. The number of rotatable bonds is 8. The largest absolute Gasteiger partial charge is 0.348 e. The van der Waals surface area contributed by atoms with Gasteiger partial charge < -0.3 is 5.32 Å². The molecule has 0 aliphatic rings. The summed E-state index contributed by atoms with van der Waals surface area (Å²) in [5.41, 5.74) is 3.24. The Morgan fingerprint density at radius 3 is 2.12 bits per heavy atom. The van der Waals surface area contributed by atoms with Gasteiger partial charge in [-0.3, -0.25) is 9.10 Å². The van der Waals surface area contributed by atoms with Crippen LogP contribution >= 0.6 is 0 Å². The van der Waals surface area contributed by atoms with E-state index >= 15 is 0 Å². The molecule has 0 aliphatic carbocycles. The highest BCUT2D eigenvalue weighted by atomic mass is 32.2. The van der Waals surface area contributed by atoms with Gasteiger partial charge in [0.2, 0.25) is 5.91 Å². The van der Waals surface area contributed by atoms with Crippen LogP contribution in [0.25, 0.3) is 0 Å². The molecule has 1 amide bonds. The molecule has 1 atom stereocenters. The smallest absolute Gasteiger partial charge is 0.264 e. The summed E-state index contributed by atoms with van der Waals surface area (Å²) in [6.07, 6.45) is 0.921. The summed E-state index contributed by atoms with van der Waals surface area (Å²) in [5, 5.41) is 2.86. The van der Waals surface area contributed by atoms with Crippen LogP contribution in [0.15, 0.2) is 77.7 Å². The van der Waals surface area contributed by atoms with Crippen molar-refractivity contribution in [3.05, 3.63) is 95.3 Å². The zero-order valence-electron chi connectivity index (χ0n) is 18.4. The first kappa shape index (κ1) is 23.5. The number of anilines is 1. The van der Waals surface area contributed by atoms with E-state index in [9.17, 15) is 17.6 Å².